The van der Waals surface area contributed by atoms with E-state index in [-0.39, 0.29) is 12.1 Å². The van der Waals surface area contributed by atoms with E-state index in [0.717, 1.165) is 12.0 Å². The summed E-state index contributed by atoms with van der Waals surface area (Å²) in [6.45, 7) is 1.99. The van der Waals surface area contributed by atoms with Crippen molar-refractivity contribution in [2.45, 2.75) is 25.4 Å². The molecular formula is C10H14Cl2N2. The van der Waals surface area contributed by atoms with Crippen LogP contribution in [0.4, 0.5) is 0 Å². The summed E-state index contributed by atoms with van der Waals surface area (Å²) in [7, 11) is 0. The van der Waals surface area contributed by atoms with Gasteiger partial charge in [-0.25, -0.2) is 0 Å². The Morgan fingerprint density at radius 1 is 1.29 bits per heavy atom. The Morgan fingerprint density at radius 3 is 2.50 bits per heavy atom. The number of halogens is 2. The van der Waals surface area contributed by atoms with Crippen LogP contribution < -0.4 is 11.5 Å². The first kappa shape index (κ1) is 11.8. The van der Waals surface area contributed by atoms with E-state index in [1.807, 2.05) is 6.92 Å². The maximum Gasteiger partial charge on any atom is 0.0463 e. The van der Waals surface area contributed by atoms with Gasteiger partial charge in [0.1, 0.15) is 0 Å². The molecule has 0 aliphatic heterocycles. The molecule has 14 heavy (non-hydrogen) atoms. The molecule has 0 radical (unpaired) electrons. The molecule has 2 nitrogen and oxygen atoms in total. The van der Waals surface area contributed by atoms with Crippen LogP contribution in [0.5, 0.6) is 0 Å². The summed E-state index contributed by atoms with van der Waals surface area (Å²) in [6, 6.07) is 4.89. The van der Waals surface area contributed by atoms with Gasteiger partial charge < -0.3 is 11.5 Å². The molecule has 0 fully saturated rings. The summed E-state index contributed by atoms with van der Waals surface area (Å²) in [4.78, 5) is 0. The Hall–Kier alpha value is -0.280. The van der Waals surface area contributed by atoms with E-state index in [2.05, 4.69) is 0 Å². The molecule has 2 unspecified atom stereocenters. The first-order chi connectivity index (χ1) is 6.56. The molecule has 78 valence electrons. The van der Waals surface area contributed by atoms with Gasteiger partial charge in [-0.15, -0.1) is 0 Å². The Labute approximate surface area is 94.2 Å². The quantitative estimate of drug-likeness (QED) is 0.843. The monoisotopic (exact) mass is 232 g/mol. The number of benzene rings is 1. The van der Waals surface area contributed by atoms with E-state index >= 15 is 0 Å². The molecule has 2 atom stereocenters. The molecule has 0 bridgehead atoms. The number of hydrogen-bond acceptors (Lipinski definition) is 2. The molecule has 1 rings (SSSR count). The van der Waals surface area contributed by atoms with E-state index < -0.39 is 0 Å². The van der Waals surface area contributed by atoms with Crippen molar-refractivity contribution in [2.24, 2.45) is 11.5 Å². The lowest BCUT2D eigenvalue weighted by atomic mass is 9.99. The molecule has 4 N–H and O–H groups in total. The van der Waals surface area contributed by atoms with Crippen LogP contribution in [-0.2, 0) is 0 Å². The lowest BCUT2D eigenvalue weighted by Gasteiger charge is -2.19. The van der Waals surface area contributed by atoms with Crippen LogP contribution in [-0.4, -0.2) is 6.04 Å². The molecule has 1 aromatic carbocycles. The largest absolute Gasteiger partial charge is 0.326 e. The molecule has 0 spiro atoms. The van der Waals surface area contributed by atoms with Gasteiger partial charge in [0.2, 0.25) is 0 Å². The van der Waals surface area contributed by atoms with E-state index in [1.54, 1.807) is 18.2 Å². The van der Waals surface area contributed by atoms with Crippen LogP contribution in [0, 0.1) is 0 Å². The lowest BCUT2D eigenvalue weighted by molar-refractivity contribution is 0.533. The summed E-state index contributed by atoms with van der Waals surface area (Å²) in [5.41, 5.74) is 12.6. The van der Waals surface area contributed by atoms with Crippen LogP contribution in [0.15, 0.2) is 18.2 Å². The molecule has 0 heterocycles. The first-order valence-electron chi connectivity index (χ1n) is 4.52. The van der Waals surface area contributed by atoms with Crippen molar-refractivity contribution in [3.8, 4) is 0 Å². The average Bonchev–Trinajstić information content (AvgIpc) is 2.19. The zero-order chi connectivity index (χ0) is 10.7. The highest BCUT2D eigenvalue weighted by Crippen LogP contribution is 2.26. The summed E-state index contributed by atoms with van der Waals surface area (Å²) in [5.74, 6) is 0. The highest BCUT2D eigenvalue weighted by molar-refractivity contribution is 6.33. The van der Waals surface area contributed by atoms with Crippen molar-refractivity contribution in [1.82, 2.24) is 0 Å². The molecule has 0 aliphatic rings. The van der Waals surface area contributed by atoms with Gasteiger partial charge in [-0.3, -0.25) is 0 Å². The van der Waals surface area contributed by atoms with Crippen molar-refractivity contribution in [2.75, 3.05) is 0 Å². The SMILES string of the molecule is CCC(N)C(N)c1cc(Cl)ccc1Cl. The predicted molar refractivity (Wildman–Crippen MR) is 61.7 cm³/mol. The van der Waals surface area contributed by atoms with Crippen LogP contribution in [0.3, 0.4) is 0 Å². The van der Waals surface area contributed by atoms with Crippen LogP contribution in [0.25, 0.3) is 0 Å². The Morgan fingerprint density at radius 2 is 1.93 bits per heavy atom. The third-order valence-electron chi connectivity index (χ3n) is 2.25. The minimum absolute atomic E-state index is 0.0917. The minimum Gasteiger partial charge on any atom is -0.326 e. The van der Waals surface area contributed by atoms with Crippen molar-refractivity contribution in [3.05, 3.63) is 33.8 Å². The predicted octanol–water partition coefficient (Wildman–Crippen LogP) is 2.73. The Balaban J connectivity index is 2.99. The highest BCUT2D eigenvalue weighted by Gasteiger charge is 2.16. The fourth-order valence-electron chi connectivity index (χ4n) is 1.25. The number of rotatable bonds is 3. The van der Waals surface area contributed by atoms with Gasteiger partial charge in [-0.2, -0.15) is 0 Å². The van der Waals surface area contributed by atoms with E-state index in [0.29, 0.717) is 10.0 Å². The van der Waals surface area contributed by atoms with Gasteiger partial charge in [0.15, 0.2) is 0 Å². The molecule has 4 heteroatoms. The van der Waals surface area contributed by atoms with Gasteiger partial charge in [-0.1, -0.05) is 30.1 Å². The molecule has 1 aromatic rings. The zero-order valence-corrected chi connectivity index (χ0v) is 9.52. The van der Waals surface area contributed by atoms with Crippen molar-refractivity contribution >= 4 is 23.2 Å². The number of hydrogen-bond donors (Lipinski definition) is 2. The van der Waals surface area contributed by atoms with Gasteiger partial charge in [0.05, 0.1) is 0 Å². The summed E-state index contributed by atoms with van der Waals surface area (Å²) in [6.07, 6.45) is 0.810. The summed E-state index contributed by atoms with van der Waals surface area (Å²) >= 11 is 11.9. The number of nitrogens with two attached hydrogens (primary N) is 2. The van der Waals surface area contributed by atoms with Crippen LogP contribution in [0.1, 0.15) is 24.9 Å². The lowest BCUT2D eigenvalue weighted by Crippen LogP contribution is -2.33. The van der Waals surface area contributed by atoms with Gasteiger partial charge in [-0.05, 0) is 30.2 Å². The summed E-state index contributed by atoms with van der Waals surface area (Å²) < 4.78 is 0. The third kappa shape index (κ3) is 2.61. The first-order valence-corrected chi connectivity index (χ1v) is 5.28. The smallest absolute Gasteiger partial charge is 0.0463 e. The Kier molecular flexibility index (Phi) is 4.20. The molecule has 0 amide bonds. The fourth-order valence-corrected chi connectivity index (χ4v) is 1.68. The fraction of sp³-hybridized carbons (Fsp3) is 0.400. The van der Waals surface area contributed by atoms with Gasteiger partial charge in [0.25, 0.3) is 0 Å². The van der Waals surface area contributed by atoms with Gasteiger partial charge >= 0.3 is 0 Å². The minimum atomic E-state index is -0.258. The van der Waals surface area contributed by atoms with E-state index in [9.17, 15) is 0 Å². The summed E-state index contributed by atoms with van der Waals surface area (Å²) in [5, 5.41) is 1.24. The van der Waals surface area contributed by atoms with E-state index in [1.165, 1.54) is 0 Å². The second-order valence-corrected chi connectivity index (χ2v) is 4.11. The molecule has 0 aliphatic carbocycles. The maximum atomic E-state index is 6.00. The van der Waals surface area contributed by atoms with E-state index in [4.69, 9.17) is 34.7 Å². The second-order valence-electron chi connectivity index (χ2n) is 3.26. The molecule has 0 saturated carbocycles. The van der Waals surface area contributed by atoms with Crippen molar-refractivity contribution in [3.63, 3.8) is 0 Å². The highest BCUT2D eigenvalue weighted by atomic mass is 35.5. The molecule has 0 saturated heterocycles. The normalized spacial score (nSPS) is 15.2. The van der Waals surface area contributed by atoms with Crippen molar-refractivity contribution < 1.29 is 0 Å². The standard InChI is InChI=1S/C10H14Cl2N2/c1-2-9(13)10(14)7-5-6(11)3-4-8(7)12/h3-5,9-10H,2,13-14H2,1H3. The molecular weight excluding hydrogens is 219 g/mol. The maximum absolute atomic E-state index is 6.00. The van der Waals surface area contributed by atoms with Crippen molar-refractivity contribution in [1.29, 1.82) is 0 Å². The third-order valence-corrected chi connectivity index (χ3v) is 2.83. The molecule has 0 aromatic heterocycles. The zero-order valence-electron chi connectivity index (χ0n) is 8.00. The van der Waals surface area contributed by atoms with Crippen LogP contribution >= 0.6 is 23.2 Å². The topological polar surface area (TPSA) is 52.0 Å². The van der Waals surface area contributed by atoms with Gasteiger partial charge in [0, 0.05) is 22.1 Å². The van der Waals surface area contributed by atoms with Crippen LogP contribution in [0.2, 0.25) is 10.0 Å². The second kappa shape index (κ2) is 4.99. The average molecular weight is 233 g/mol. The Bertz CT molecular complexity index is 315.